The van der Waals surface area contributed by atoms with Gasteiger partial charge < -0.3 is 255 Å². The molecule has 0 aromatic rings. The second kappa shape index (κ2) is 368. The van der Waals surface area contributed by atoms with Gasteiger partial charge in [-0.1, -0.05) is 0 Å². The van der Waals surface area contributed by atoms with E-state index < -0.39 is 318 Å². The van der Waals surface area contributed by atoms with Crippen LogP contribution in [0.15, 0.2) is 0 Å². The summed E-state index contributed by atoms with van der Waals surface area (Å²) in [6.45, 7) is 0. The standard InChI is InChI=1S/28Ca.28H2O3S/c;;;;;;;;;;;;;;;;;;;;;;;;;;;;28*1-4(2)3/h;;;;;;;;;;;;;;;;;;;;;;;;;;;;28*(H2,1,2,3)/q28*+2;;;;;;;;;;;;;;;;;;;;;;;;;;;;/p-56. The number of hydrogen-bond acceptors (Lipinski definition) is 84. The van der Waals surface area contributed by atoms with Crippen LogP contribution in [0.25, 0.3) is 0 Å². The Kier molecular flexibility index (Phi) is 985. The van der Waals surface area contributed by atoms with Crippen LogP contribution >= 0.6 is 0 Å². The average Bonchev–Trinajstić information content (AvgIpc) is 3.24. The van der Waals surface area contributed by atoms with Crippen molar-refractivity contribution < 1.29 is 373 Å². The Morgan fingerprint density at radius 2 is 0.0500 bits per heavy atom. The Morgan fingerprint density at radius 1 is 0.0500 bits per heavy atom. The first kappa shape index (κ1) is 375. The van der Waals surface area contributed by atoms with Gasteiger partial charge in [0.25, 0.3) is 0 Å². The predicted octanol–water partition coefficient (Wildman–Crippen LogP) is -38.8. The second-order valence-corrected chi connectivity index (χ2v) is 17.1. The Hall–Kier alpha value is 37.2. The van der Waals surface area contributed by atoms with Crippen molar-refractivity contribution >= 4 is 1370 Å². The van der Waals surface area contributed by atoms with Crippen molar-refractivity contribution in [3.8, 4) is 0 Å². The Labute approximate surface area is 1700 Å². The van der Waals surface area contributed by atoms with Gasteiger partial charge in [-0.05, 0) is 0 Å². The van der Waals surface area contributed by atoms with E-state index in [0.717, 1.165) is 0 Å². The van der Waals surface area contributed by atoms with Crippen molar-refractivity contribution in [2.45, 2.75) is 0 Å². The van der Waals surface area contributed by atoms with Gasteiger partial charge in [-0.15, -0.1) is 318 Å². The van der Waals surface area contributed by atoms with Crippen LogP contribution in [-0.4, -0.2) is 1430 Å². The Morgan fingerprint density at radius 3 is 0.0500 bits per heavy atom. The summed E-state index contributed by atoms with van der Waals surface area (Å²) in [7, 11) is 0. The topological polar surface area (TPSA) is 1770 Å². The van der Waals surface area contributed by atoms with Gasteiger partial charge in [0.05, 0.1) is 0 Å². The SMILES string of the molecule is O=S([O-])[O-].O=S([O-])[O-].O=S([O-])[O-].O=S([O-])[O-].O=S([O-])[O-].O=S([O-])[O-].O=S([O-])[O-].O=S([O-])[O-].O=S([O-])[O-].O=S([O-])[O-].O=S([O-])[O-].O=S([O-])[O-].O=S([O-])[O-].O=S([O-])[O-].O=S([O-])[O-].O=S([O-])[O-].O=S([O-])[O-].O=S([O-])[O-].O=S([O-])[O-].O=S([O-])[O-].O=S([O-])[O-].O=S([O-])[O-].O=S([O-])[O-].O=S([O-])[O-].O=S([O-])[O-].O=S([O-])[O-].O=S([O-])[O-].O=S([O-])[O-].[Ca+2].[Ca+2].[Ca+2].[Ca+2].[Ca+2].[Ca+2].[Ca+2].[Ca+2].[Ca+2].[Ca+2].[Ca+2].[Ca+2].[Ca+2].[Ca+2].[Ca+2].[Ca+2].[Ca+2].[Ca+2].[Ca+2].[Ca+2].[Ca+2].[Ca+2].[Ca+2].[Ca+2].[Ca+2].[Ca+2].[Ca+2].[Ca+2]. The van der Waals surface area contributed by atoms with Crippen LogP contribution in [0.1, 0.15) is 0 Å². The van der Waals surface area contributed by atoms with E-state index in [1.165, 1.54) is 0 Å². The minimum absolute atomic E-state index is 0. The van der Waals surface area contributed by atoms with Gasteiger partial charge in [-0.25, -0.2) is 0 Å². The molecule has 0 aromatic carbocycles. The maximum atomic E-state index is 8.44. The Bertz CT molecular complexity index is 1640. The molecule has 84 nitrogen and oxygen atoms in total. The molecule has 140 heavy (non-hydrogen) atoms. The van der Waals surface area contributed by atoms with Crippen LogP contribution in [0.3, 0.4) is 0 Å². The summed E-state index contributed by atoms with van der Waals surface area (Å²) in [6, 6.07) is 0. The fraction of sp³-hybridized carbons (Fsp3) is 0. The zero-order chi connectivity index (χ0) is 100. The molecule has 0 unspecified atom stereocenters. The molecule has 0 rings (SSSR count). The summed E-state index contributed by atoms with van der Waals surface area (Å²) < 4.78 is 709. The molecule has 140 heteroatoms. The van der Waals surface area contributed by atoms with Crippen LogP contribution in [0.5, 0.6) is 0 Å². The van der Waals surface area contributed by atoms with E-state index in [1.807, 2.05) is 0 Å². The zero-order valence-corrected chi connectivity index (χ0v) is 150. The van der Waals surface area contributed by atoms with E-state index in [9.17, 15) is 0 Å². The van der Waals surface area contributed by atoms with Gasteiger partial charge in [0.1, 0.15) is 0 Å². The third-order valence-electron chi connectivity index (χ3n) is 0. The summed E-state index contributed by atoms with van der Waals surface area (Å²) in [5.74, 6) is 0. The molecule has 728 valence electrons. The maximum Gasteiger partial charge on any atom is 2.00 e. The molecular weight excluding hydrogens is 3360 g/mol. The first-order valence-corrected chi connectivity index (χ1v) is 42.0. The molecule has 0 fully saturated rings. The first-order valence-electron chi connectivity index (χ1n) is 14.0. The fourth-order valence-corrected chi connectivity index (χ4v) is 0. The van der Waals surface area contributed by atoms with Crippen molar-refractivity contribution in [2.24, 2.45) is 0 Å². The molecule has 0 N–H and O–H groups in total. The van der Waals surface area contributed by atoms with E-state index in [-0.39, 0.29) is 1060 Å². The zero-order valence-electron chi connectivity index (χ0n) is 65.5. The predicted molar refractivity (Wildman–Crippen MR) is 433 cm³/mol. The van der Waals surface area contributed by atoms with Crippen LogP contribution in [0.2, 0.25) is 0 Å². The Balaban J connectivity index is -0.00000000961. The van der Waals surface area contributed by atoms with Crippen molar-refractivity contribution in [3.63, 3.8) is 0 Å². The van der Waals surface area contributed by atoms with Gasteiger partial charge in [-0.2, -0.15) is 0 Å². The largest absolute Gasteiger partial charge is 2.00 e. The van der Waals surface area contributed by atoms with E-state index in [1.54, 1.807) is 0 Å². The van der Waals surface area contributed by atoms with Crippen LogP contribution in [0.4, 0.5) is 0 Å². The van der Waals surface area contributed by atoms with E-state index in [4.69, 9.17) is 373 Å². The van der Waals surface area contributed by atoms with E-state index in [2.05, 4.69) is 0 Å². The molecule has 0 aromatic heterocycles. The fourth-order valence-electron chi connectivity index (χ4n) is 0. The summed E-state index contributed by atoms with van der Waals surface area (Å²) in [6.07, 6.45) is 0. The summed E-state index contributed by atoms with van der Waals surface area (Å²) >= 11 is -87.1. The van der Waals surface area contributed by atoms with Crippen LogP contribution in [0, 0.1) is 0 Å². The monoisotopic (exact) mass is 3360 g/mol. The second-order valence-electron chi connectivity index (χ2n) is 5.72. The average molecular weight is 3360 g/mol. The summed E-state index contributed by atoms with van der Waals surface area (Å²) in [4.78, 5) is 0. The van der Waals surface area contributed by atoms with Gasteiger partial charge >= 0.3 is 1060 Å². The van der Waals surface area contributed by atoms with Gasteiger partial charge in [0.15, 0.2) is 0 Å². The molecule has 0 heterocycles. The van der Waals surface area contributed by atoms with Crippen molar-refractivity contribution in [3.05, 3.63) is 0 Å². The van der Waals surface area contributed by atoms with Crippen LogP contribution < -0.4 is 0 Å². The van der Waals surface area contributed by atoms with Gasteiger partial charge in [0.2, 0.25) is 0 Å². The maximum absolute atomic E-state index is 8.44. The van der Waals surface area contributed by atoms with E-state index in [0.29, 0.717) is 0 Å². The third kappa shape index (κ3) is 3840. The molecule has 0 aliphatic heterocycles. The minimum Gasteiger partial charge on any atom is -0.784 e. The molecule has 0 saturated heterocycles. The molecule has 0 aliphatic carbocycles. The number of hydrogen-bond donors (Lipinski definition) is 0. The van der Waals surface area contributed by atoms with Gasteiger partial charge in [0, 0.05) is 0 Å². The summed E-state index contributed by atoms with van der Waals surface area (Å²) in [5.41, 5.74) is 0. The van der Waals surface area contributed by atoms with Crippen molar-refractivity contribution in [1.29, 1.82) is 0 Å². The van der Waals surface area contributed by atoms with Crippen LogP contribution in [-0.2, 0) is 318 Å². The van der Waals surface area contributed by atoms with Crippen molar-refractivity contribution in [2.75, 3.05) is 0 Å². The van der Waals surface area contributed by atoms with E-state index >= 15 is 0 Å². The molecule has 0 atom stereocenters. The third-order valence-corrected chi connectivity index (χ3v) is 0. The molecule has 0 amide bonds. The molecule has 0 bridgehead atoms. The van der Waals surface area contributed by atoms with Gasteiger partial charge in [-0.3, -0.25) is 118 Å². The molecule has 0 aliphatic rings. The first-order chi connectivity index (χ1) is 48.5. The number of rotatable bonds is 0. The molecule has 0 radical (unpaired) electrons. The minimum atomic E-state index is -3.11. The summed E-state index contributed by atoms with van der Waals surface area (Å²) in [5, 5.41) is 0. The normalized spacial score (nSPS) is 7.00. The smallest absolute Gasteiger partial charge is 0.784 e. The van der Waals surface area contributed by atoms with Crippen molar-refractivity contribution in [1.82, 2.24) is 0 Å². The molecule has 0 spiro atoms. The molecular formula is Ca28O84S28. The molecule has 0 saturated carbocycles. The quantitative estimate of drug-likeness (QED) is 0.160.